The first kappa shape index (κ1) is 21.1. The van der Waals surface area contributed by atoms with E-state index in [0.29, 0.717) is 0 Å². The van der Waals surface area contributed by atoms with Crippen LogP contribution in [0.3, 0.4) is 0 Å². The molecule has 3 aromatic carbocycles. The predicted octanol–water partition coefficient (Wildman–Crippen LogP) is 5.09. The van der Waals surface area contributed by atoms with Gasteiger partial charge in [-0.25, -0.2) is 0 Å². The van der Waals surface area contributed by atoms with Crippen molar-refractivity contribution in [2.75, 3.05) is 20.2 Å². The molecule has 0 radical (unpaired) electrons. The summed E-state index contributed by atoms with van der Waals surface area (Å²) < 4.78 is 5.39. The first-order valence-corrected chi connectivity index (χ1v) is 10.5. The fraction of sp³-hybridized carbons (Fsp3) is 0.308. The van der Waals surface area contributed by atoms with E-state index < -0.39 is 0 Å². The van der Waals surface area contributed by atoms with Gasteiger partial charge in [0.25, 0.3) is 0 Å². The maximum absolute atomic E-state index is 5.39. The lowest BCUT2D eigenvalue weighted by atomic mass is 9.80. The molecule has 29 heavy (non-hydrogen) atoms. The molecule has 0 saturated carbocycles. The molecule has 0 spiro atoms. The van der Waals surface area contributed by atoms with Crippen LogP contribution in [0.2, 0.25) is 0 Å². The molecule has 0 saturated heterocycles. The molecule has 0 fully saturated rings. The lowest BCUT2D eigenvalue weighted by Crippen LogP contribution is -2.18. The number of hydrogen-bond acceptors (Lipinski definition) is 3. The molecule has 152 valence electrons. The molecule has 0 bridgehead atoms. The van der Waals surface area contributed by atoms with Crippen molar-refractivity contribution in [1.29, 1.82) is 0 Å². The van der Waals surface area contributed by atoms with Gasteiger partial charge >= 0.3 is 0 Å². The van der Waals surface area contributed by atoms with Crippen LogP contribution in [0, 0.1) is 0 Å². The lowest BCUT2D eigenvalue weighted by molar-refractivity contribution is 0.414. The Balaban J connectivity index is 2.13. The van der Waals surface area contributed by atoms with Gasteiger partial charge in [0, 0.05) is 19.0 Å². The maximum Gasteiger partial charge on any atom is 0.118 e. The molecule has 0 aliphatic rings. The third-order valence-electron chi connectivity index (χ3n) is 5.31. The average molecular weight is 389 g/mol. The van der Waals surface area contributed by atoms with Gasteiger partial charge in [-0.3, -0.25) is 0 Å². The van der Waals surface area contributed by atoms with Crippen LogP contribution in [0.5, 0.6) is 5.75 Å². The van der Waals surface area contributed by atoms with E-state index >= 15 is 0 Å². The highest BCUT2D eigenvalue weighted by atomic mass is 16.5. The van der Waals surface area contributed by atoms with E-state index in [1.54, 1.807) is 7.11 Å². The first-order chi connectivity index (χ1) is 14.3. The normalized spacial score (nSPS) is 11.0. The quantitative estimate of drug-likeness (QED) is 0.474. The topological polar surface area (TPSA) is 33.3 Å². The zero-order chi connectivity index (χ0) is 20.5. The minimum atomic E-state index is 0.172. The Bertz CT molecular complexity index is 838. The van der Waals surface area contributed by atoms with Crippen LogP contribution in [-0.4, -0.2) is 20.2 Å². The van der Waals surface area contributed by atoms with Crippen molar-refractivity contribution >= 4 is 0 Å². The summed E-state index contributed by atoms with van der Waals surface area (Å²) in [4.78, 5) is 0. The van der Waals surface area contributed by atoms with Crippen molar-refractivity contribution < 1.29 is 4.74 Å². The summed E-state index contributed by atoms with van der Waals surface area (Å²) in [6, 6.07) is 26.1. The van der Waals surface area contributed by atoms with Crippen molar-refractivity contribution in [3.05, 3.63) is 101 Å². The van der Waals surface area contributed by atoms with Crippen LogP contribution < -0.4 is 15.4 Å². The molecule has 0 atom stereocenters. The number of nitrogens with one attached hydrogen (secondary N) is 2. The van der Waals surface area contributed by atoms with Gasteiger partial charge in [-0.15, -0.1) is 0 Å². The van der Waals surface area contributed by atoms with Gasteiger partial charge in [-0.1, -0.05) is 74.5 Å². The summed E-state index contributed by atoms with van der Waals surface area (Å²) in [5.41, 5.74) is 6.66. The summed E-state index contributed by atoms with van der Waals surface area (Å²) in [6.07, 6.45) is 0. The Morgan fingerprint density at radius 1 is 0.690 bits per heavy atom. The monoisotopic (exact) mass is 388 g/mol. The van der Waals surface area contributed by atoms with Gasteiger partial charge in [-0.2, -0.15) is 0 Å². The second-order valence-electron chi connectivity index (χ2n) is 7.16. The summed E-state index contributed by atoms with van der Waals surface area (Å²) >= 11 is 0. The third kappa shape index (κ3) is 5.26. The van der Waals surface area contributed by atoms with Crippen molar-refractivity contribution in [3.8, 4) is 5.75 Å². The summed E-state index contributed by atoms with van der Waals surface area (Å²) in [5.74, 6) is 1.06. The van der Waals surface area contributed by atoms with E-state index in [-0.39, 0.29) is 5.92 Å². The number of hydrogen-bond donors (Lipinski definition) is 2. The molecule has 3 heteroatoms. The van der Waals surface area contributed by atoms with Gasteiger partial charge < -0.3 is 15.4 Å². The molecule has 3 aromatic rings. The zero-order valence-electron chi connectivity index (χ0n) is 17.7. The van der Waals surface area contributed by atoms with Crippen molar-refractivity contribution in [2.24, 2.45) is 0 Å². The first-order valence-electron chi connectivity index (χ1n) is 10.5. The molecule has 0 aliphatic carbocycles. The molecule has 0 aliphatic heterocycles. The largest absolute Gasteiger partial charge is 0.497 e. The highest BCUT2D eigenvalue weighted by molar-refractivity contribution is 5.49. The minimum absolute atomic E-state index is 0.172. The minimum Gasteiger partial charge on any atom is -0.497 e. The van der Waals surface area contributed by atoms with E-state index in [4.69, 9.17) is 4.74 Å². The predicted molar refractivity (Wildman–Crippen MR) is 122 cm³/mol. The van der Waals surface area contributed by atoms with Crippen molar-refractivity contribution in [3.63, 3.8) is 0 Å². The molecule has 2 N–H and O–H groups in total. The van der Waals surface area contributed by atoms with Crippen LogP contribution in [0.15, 0.2) is 72.8 Å². The van der Waals surface area contributed by atoms with Gasteiger partial charge in [-0.05, 0) is 53.0 Å². The van der Waals surface area contributed by atoms with E-state index in [1.165, 1.54) is 27.8 Å². The molecule has 0 unspecified atom stereocenters. The van der Waals surface area contributed by atoms with Crippen LogP contribution in [0.4, 0.5) is 0 Å². The lowest BCUT2D eigenvalue weighted by Gasteiger charge is -2.25. The number of benzene rings is 3. The summed E-state index contributed by atoms with van der Waals surface area (Å²) in [6.45, 7) is 7.95. The second kappa shape index (κ2) is 10.8. The van der Waals surface area contributed by atoms with E-state index in [1.807, 2.05) is 0 Å². The Morgan fingerprint density at radius 2 is 1.17 bits per heavy atom. The van der Waals surface area contributed by atoms with Gasteiger partial charge in [0.05, 0.1) is 7.11 Å². The Labute approximate surface area is 175 Å². The molecule has 0 amide bonds. The number of rotatable bonds is 10. The third-order valence-corrected chi connectivity index (χ3v) is 5.31. The zero-order valence-corrected chi connectivity index (χ0v) is 17.7. The van der Waals surface area contributed by atoms with Crippen molar-refractivity contribution in [2.45, 2.75) is 32.9 Å². The van der Waals surface area contributed by atoms with E-state index in [0.717, 1.165) is 31.9 Å². The molecule has 0 heterocycles. The van der Waals surface area contributed by atoms with Gasteiger partial charge in [0.1, 0.15) is 5.75 Å². The van der Waals surface area contributed by atoms with E-state index in [2.05, 4.69) is 97.3 Å². The summed E-state index contributed by atoms with van der Waals surface area (Å²) in [7, 11) is 1.71. The molecular formula is C26H32N2O. The van der Waals surface area contributed by atoms with Crippen LogP contribution >= 0.6 is 0 Å². The Morgan fingerprint density at radius 3 is 1.62 bits per heavy atom. The van der Waals surface area contributed by atoms with Gasteiger partial charge in [0.15, 0.2) is 0 Å². The van der Waals surface area contributed by atoms with Crippen LogP contribution in [0.25, 0.3) is 0 Å². The maximum atomic E-state index is 5.39. The average Bonchev–Trinajstić information content (AvgIpc) is 2.78. The van der Waals surface area contributed by atoms with Crippen LogP contribution in [-0.2, 0) is 13.1 Å². The molecule has 3 rings (SSSR count). The van der Waals surface area contributed by atoms with Crippen molar-refractivity contribution in [1.82, 2.24) is 10.6 Å². The Kier molecular flexibility index (Phi) is 7.85. The standard InChI is InChI=1S/C26H32N2O/c1-4-27-18-21-10-6-8-12-24(21)26(20-14-16-23(29-3)17-15-20)25-13-9-7-11-22(25)19-28-5-2/h6-17,26-28H,4-5,18-19H2,1-3H3. The smallest absolute Gasteiger partial charge is 0.118 e. The molecule has 0 aromatic heterocycles. The molecular weight excluding hydrogens is 356 g/mol. The Hall–Kier alpha value is -2.62. The number of ether oxygens (including phenoxy) is 1. The molecule has 3 nitrogen and oxygen atoms in total. The summed E-state index contributed by atoms with van der Waals surface area (Å²) in [5, 5.41) is 7.00. The second-order valence-corrected chi connectivity index (χ2v) is 7.16. The van der Waals surface area contributed by atoms with E-state index in [9.17, 15) is 0 Å². The SMILES string of the molecule is CCNCc1ccccc1C(c1ccc(OC)cc1)c1ccccc1CNCC. The highest BCUT2D eigenvalue weighted by Gasteiger charge is 2.22. The highest BCUT2D eigenvalue weighted by Crippen LogP contribution is 2.36. The fourth-order valence-corrected chi connectivity index (χ4v) is 3.80. The van der Waals surface area contributed by atoms with Crippen LogP contribution in [0.1, 0.15) is 47.6 Å². The fourth-order valence-electron chi connectivity index (χ4n) is 3.80. The number of methoxy groups -OCH3 is 1. The van der Waals surface area contributed by atoms with Gasteiger partial charge in [0.2, 0.25) is 0 Å².